The first kappa shape index (κ1) is 15.2. The summed E-state index contributed by atoms with van der Waals surface area (Å²) in [6.45, 7) is -0.198. The summed E-state index contributed by atoms with van der Waals surface area (Å²) < 4.78 is 5.07. The fraction of sp³-hybridized carbons (Fsp3) is 0.500. The highest BCUT2D eigenvalue weighted by atomic mass is 16.5. The molecule has 3 aliphatic rings. The van der Waals surface area contributed by atoms with E-state index in [1.807, 2.05) is 0 Å². The summed E-state index contributed by atoms with van der Waals surface area (Å²) >= 11 is 0. The van der Waals surface area contributed by atoms with Gasteiger partial charge in [-0.15, -0.1) is 0 Å². The first-order chi connectivity index (χ1) is 11.6. The van der Waals surface area contributed by atoms with Crippen molar-refractivity contribution in [2.45, 2.75) is 19.3 Å². The Morgan fingerprint density at radius 1 is 1.12 bits per heavy atom. The molecule has 1 saturated heterocycles. The van der Waals surface area contributed by atoms with Crippen LogP contribution in [-0.2, 0) is 14.4 Å². The number of rotatable bonds is 4. The maximum atomic E-state index is 12.6. The Hall–Kier alpha value is -2.37. The molecule has 3 fully saturated rings. The average molecular weight is 328 g/mol. The highest BCUT2D eigenvalue weighted by molar-refractivity contribution is 6.09. The van der Waals surface area contributed by atoms with Crippen LogP contribution in [0.3, 0.4) is 0 Å². The molecule has 126 valence electrons. The highest BCUT2D eigenvalue weighted by Crippen LogP contribution is 2.56. The number of imide groups is 1. The monoisotopic (exact) mass is 328 g/mol. The molecular weight excluding hydrogens is 308 g/mol. The van der Waals surface area contributed by atoms with Gasteiger partial charge in [-0.3, -0.25) is 19.3 Å². The summed E-state index contributed by atoms with van der Waals surface area (Å²) in [5, 5.41) is 2.72. The van der Waals surface area contributed by atoms with Gasteiger partial charge in [-0.25, -0.2) is 0 Å². The van der Waals surface area contributed by atoms with Gasteiger partial charge in [-0.2, -0.15) is 0 Å². The molecule has 3 amide bonds. The van der Waals surface area contributed by atoms with Gasteiger partial charge >= 0.3 is 0 Å². The van der Waals surface area contributed by atoms with Gasteiger partial charge in [-0.05, 0) is 55.4 Å². The van der Waals surface area contributed by atoms with Crippen LogP contribution in [0.5, 0.6) is 5.75 Å². The van der Waals surface area contributed by atoms with E-state index in [1.165, 1.54) is 4.90 Å². The van der Waals surface area contributed by atoms with E-state index in [1.54, 1.807) is 31.4 Å². The van der Waals surface area contributed by atoms with E-state index in [2.05, 4.69) is 5.32 Å². The first-order valence-corrected chi connectivity index (χ1v) is 8.37. The van der Waals surface area contributed by atoms with Gasteiger partial charge in [0.1, 0.15) is 12.3 Å². The van der Waals surface area contributed by atoms with Crippen LogP contribution in [0.4, 0.5) is 5.69 Å². The lowest BCUT2D eigenvalue weighted by atomic mass is 9.81. The average Bonchev–Trinajstić information content (AvgIpc) is 3.25. The van der Waals surface area contributed by atoms with E-state index in [0.717, 1.165) is 19.3 Å². The lowest BCUT2D eigenvalue weighted by Crippen LogP contribution is -2.39. The molecule has 1 aromatic rings. The molecule has 0 spiro atoms. The SMILES string of the molecule is COc1ccc(NC(=O)CN2C(=O)[C@@H]3[C@H]4CC[C@@H](C4)[C@H]3C2=O)cc1. The van der Waals surface area contributed by atoms with Crippen molar-refractivity contribution >= 4 is 23.4 Å². The largest absolute Gasteiger partial charge is 0.497 e. The second kappa shape index (κ2) is 5.61. The van der Waals surface area contributed by atoms with Gasteiger partial charge in [0, 0.05) is 5.69 Å². The number of methoxy groups -OCH3 is 1. The number of hydrogen-bond acceptors (Lipinski definition) is 4. The summed E-state index contributed by atoms with van der Waals surface area (Å²) in [5.74, 6) is 0.367. The molecule has 6 nitrogen and oxygen atoms in total. The molecule has 0 aromatic heterocycles. The Morgan fingerprint density at radius 3 is 2.25 bits per heavy atom. The minimum absolute atomic E-state index is 0.151. The summed E-state index contributed by atoms with van der Waals surface area (Å²) in [6, 6.07) is 6.92. The third-order valence-corrected chi connectivity index (χ3v) is 5.69. The van der Waals surface area contributed by atoms with E-state index < -0.39 is 0 Å². The molecule has 2 saturated carbocycles. The van der Waals surface area contributed by atoms with Gasteiger partial charge in [0.2, 0.25) is 17.7 Å². The Morgan fingerprint density at radius 2 is 1.71 bits per heavy atom. The number of amides is 3. The Balaban J connectivity index is 1.42. The van der Waals surface area contributed by atoms with Gasteiger partial charge in [-0.1, -0.05) is 0 Å². The molecule has 2 bridgehead atoms. The second-order valence-electron chi connectivity index (χ2n) is 6.92. The van der Waals surface area contributed by atoms with Gasteiger partial charge in [0.15, 0.2) is 0 Å². The molecule has 1 aliphatic heterocycles. The lowest BCUT2D eigenvalue weighted by molar-refractivity contribution is -0.143. The third-order valence-electron chi connectivity index (χ3n) is 5.69. The standard InChI is InChI=1S/C18H20N2O4/c1-24-13-6-4-12(5-7-13)19-14(21)9-20-17(22)15-10-2-3-11(8-10)16(15)18(20)23/h4-7,10-11,15-16H,2-3,8-9H2,1H3,(H,19,21)/t10-,11-,15+,16+/m0/s1. The van der Waals surface area contributed by atoms with Gasteiger partial charge < -0.3 is 10.1 Å². The van der Waals surface area contributed by atoms with Crippen molar-refractivity contribution in [3.63, 3.8) is 0 Å². The predicted octanol–water partition coefficient (Wildman–Crippen LogP) is 1.66. The number of anilines is 1. The minimum atomic E-state index is -0.353. The summed E-state index contributed by atoms with van der Waals surface area (Å²) in [5.41, 5.74) is 0.611. The van der Waals surface area contributed by atoms with Crippen molar-refractivity contribution in [1.29, 1.82) is 0 Å². The number of ether oxygens (including phenoxy) is 1. The van der Waals surface area contributed by atoms with Gasteiger partial charge in [0.25, 0.3) is 0 Å². The Kier molecular flexibility index (Phi) is 3.55. The van der Waals surface area contributed by atoms with E-state index in [9.17, 15) is 14.4 Å². The molecule has 0 unspecified atom stereocenters. The molecular formula is C18H20N2O4. The van der Waals surface area contributed by atoms with Crippen LogP contribution in [-0.4, -0.2) is 36.3 Å². The van der Waals surface area contributed by atoms with Crippen molar-refractivity contribution in [2.75, 3.05) is 19.0 Å². The number of benzene rings is 1. The Labute approximate surface area is 140 Å². The van der Waals surface area contributed by atoms with Crippen LogP contribution in [0.25, 0.3) is 0 Å². The molecule has 1 heterocycles. The second-order valence-corrected chi connectivity index (χ2v) is 6.92. The van der Waals surface area contributed by atoms with Crippen molar-refractivity contribution in [2.24, 2.45) is 23.7 Å². The number of fused-ring (bicyclic) bond motifs is 5. The smallest absolute Gasteiger partial charge is 0.244 e. The topological polar surface area (TPSA) is 75.7 Å². The third kappa shape index (κ3) is 2.28. The van der Waals surface area contributed by atoms with Crippen LogP contribution < -0.4 is 10.1 Å². The predicted molar refractivity (Wildman–Crippen MR) is 86.2 cm³/mol. The lowest BCUT2D eigenvalue weighted by Gasteiger charge is -2.19. The van der Waals surface area contributed by atoms with Gasteiger partial charge in [0.05, 0.1) is 18.9 Å². The zero-order valence-electron chi connectivity index (χ0n) is 13.5. The van der Waals surface area contributed by atoms with Crippen molar-refractivity contribution < 1.29 is 19.1 Å². The molecule has 1 aromatic carbocycles. The molecule has 4 atom stereocenters. The fourth-order valence-electron chi connectivity index (χ4n) is 4.64. The molecule has 24 heavy (non-hydrogen) atoms. The molecule has 2 aliphatic carbocycles. The maximum absolute atomic E-state index is 12.6. The zero-order valence-corrected chi connectivity index (χ0v) is 13.5. The molecule has 0 radical (unpaired) electrons. The number of nitrogens with one attached hydrogen (secondary N) is 1. The number of carbonyl (C=O) groups excluding carboxylic acids is 3. The normalized spacial score (nSPS) is 30.6. The molecule has 4 rings (SSSR count). The number of hydrogen-bond donors (Lipinski definition) is 1. The van der Waals surface area contributed by atoms with Crippen LogP contribution in [0, 0.1) is 23.7 Å². The number of likely N-dealkylation sites (tertiary alicyclic amines) is 1. The number of carbonyl (C=O) groups is 3. The van der Waals surface area contributed by atoms with Crippen molar-refractivity contribution in [3.05, 3.63) is 24.3 Å². The van der Waals surface area contributed by atoms with Crippen molar-refractivity contribution in [3.8, 4) is 5.75 Å². The van der Waals surface area contributed by atoms with Crippen molar-refractivity contribution in [1.82, 2.24) is 4.90 Å². The summed E-state index contributed by atoms with van der Waals surface area (Å²) in [4.78, 5) is 38.5. The van der Waals surface area contributed by atoms with E-state index in [0.29, 0.717) is 23.3 Å². The van der Waals surface area contributed by atoms with Crippen LogP contribution in [0.15, 0.2) is 24.3 Å². The summed E-state index contributed by atoms with van der Waals surface area (Å²) in [6.07, 6.45) is 3.08. The van der Waals surface area contributed by atoms with Crippen LogP contribution in [0.2, 0.25) is 0 Å². The van der Waals surface area contributed by atoms with Crippen LogP contribution >= 0.6 is 0 Å². The minimum Gasteiger partial charge on any atom is -0.497 e. The quantitative estimate of drug-likeness (QED) is 0.853. The maximum Gasteiger partial charge on any atom is 0.244 e. The van der Waals surface area contributed by atoms with E-state index >= 15 is 0 Å². The van der Waals surface area contributed by atoms with E-state index in [4.69, 9.17) is 4.74 Å². The molecule has 1 N–H and O–H groups in total. The van der Waals surface area contributed by atoms with Crippen LogP contribution in [0.1, 0.15) is 19.3 Å². The first-order valence-electron chi connectivity index (χ1n) is 8.37. The zero-order chi connectivity index (χ0) is 16.8. The number of nitrogens with zero attached hydrogens (tertiary/aromatic N) is 1. The summed E-state index contributed by atoms with van der Waals surface area (Å²) in [7, 11) is 1.57. The fourth-order valence-corrected chi connectivity index (χ4v) is 4.64. The molecule has 6 heteroatoms. The highest BCUT2D eigenvalue weighted by Gasteiger charge is 2.60. The Bertz CT molecular complexity index is 671. The van der Waals surface area contributed by atoms with E-state index in [-0.39, 0.29) is 36.1 Å².